The quantitative estimate of drug-likeness (QED) is 0.666. The molecule has 0 atom stereocenters. The van der Waals surface area contributed by atoms with E-state index in [9.17, 15) is 22.4 Å². The van der Waals surface area contributed by atoms with Crippen LogP contribution in [0.4, 0.5) is 17.6 Å². The van der Waals surface area contributed by atoms with Gasteiger partial charge in [0, 0.05) is 12.1 Å². The molecule has 0 unspecified atom stereocenters. The van der Waals surface area contributed by atoms with E-state index in [1.54, 1.807) is 0 Å². The number of hydrogen-bond donors (Lipinski definition) is 1. The van der Waals surface area contributed by atoms with Crippen molar-refractivity contribution in [3.05, 3.63) is 70.4 Å². The van der Waals surface area contributed by atoms with Crippen LogP contribution in [0.5, 0.6) is 0 Å². The number of aryl methyl sites for hydroxylation is 2. The molecule has 0 saturated heterocycles. The minimum Gasteiger partial charge on any atom is -0.348 e. The van der Waals surface area contributed by atoms with Crippen molar-refractivity contribution in [3.8, 4) is 11.4 Å². The van der Waals surface area contributed by atoms with Crippen LogP contribution in [0.3, 0.4) is 0 Å². The minimum absolute atomic E-state index is 0.0195. The molecular weight excluding hydrogens is 378 g/mol. The van der Waals surface area contributed by atoms with E-state index in [-0.39, 0.29) is 17.7 Å². The van der Waals surface area contributed by atoms with Crippen molar-refractivity contribution >= 4 is 5.91 Å². The van der Waals surface area contributed by atoms with Crippen molar-refractivity contribution in [2.75, 3.05) is 0 Å². The molecule has 0 spiro atoms. The maximum atomic E-state index is 14.3. The molecule has 0 radical (unpaired) electrons. The number of benzene rings is 2. The third kappa shape index (κ3) is 4.19. The van der Waals surface area contributed by atoms with Gasteiger partial charge in [-0.1, -0.05) is 28.9 Å². The first-order chi connectivity index (χ1) is 13.1. The van der Waals surface area contributed by atoms with Gasteiger partial charge in [-0.2, -0.15) is 18.2 Å². The Morgan fingerprint density at radius 1 is 1.14 bits per heavy atom. The normalized spacial score (nSPS) is 11.5. The van der Waals surface area contributed by atoms with Gasteiger partial charge in [-0.15, -0.1) is 0 Å². The standard InChI is InChI=1S/C19H15F4N3O2/c1-10-3-4-11(2)13(7-10)9-24-17(27)12-5-6-14(15(20)8-12)16-25-18(28-26-16)19(21,22)23/h3-8H,9H2,1-2H3,(H,24,27). The van der Waals surface area contributed by atoms with E-state index in [2.05, 4.69) is 20.0 Å². The molecule has 5 nitrogen and oxygen atoms in total. The highest BCUT2D eigenvalue weighted by Gasteiger charge is 2.38. The highest BCUT2D eigenvalue weighted by molar-refractivity contribution is 5.94. The number of carbonyl (C=O) groups is 1. The fourth-order valence-corrected chi connectivity index (χ4v) is 2.55. The Labute approximate surface area is 157 Å². The Hall–Kier alpha value is -3.23. The lowest BCUT2D eigenvalue weighted by Crippen LogP contribution is -2.23. The van der Waals surface area contributed by atoms with Crippen LogP contribution in [0.15, 0.2) is 40.9 Å². The summed E-state index contributed by atoms with van der Waals surface area (Å²) < 4.78 is 56.0. The van der Waals surface area contributed by atoms with Crippen LogP contribution in [0.1, 0.15) is 32.9 Å². The van der Waals surface area contributed by atoms with E-state index in [4.69, 9.17) is 0 Å². The van der Waals surface area contributed by atoms with Crippen LogP contribution < -0.4 is 5.32 Å². The lowest BCUT2D eigenvalue weighted by Gasteiger charge is -2.09. The summed E-state index contributed by atoms with van der Waals surface area (Å²) >= 11 is 0. The van der Waals surface area contributed by atoms with Crippen molar-refractivity contribution in [3.63, 3.8) is 0 Å². The second-order valence-corrected chi connectivity index (χ2v) is 6.23. The molecule has 0 fully saturated rings. The summed E-state index contributed by atoms with van der Waals surface area (Å²) in [7, 11) is 0. The van der Waals surface area contributed by atoms with Gasteiger partial charge in [-0.05, 0) is 43.2 Å². The first-order valence-electron chi connectivity index (χ1n) is 8.20. The average Bonchev–Trinajstić information content (AvgIpc) is 3.12. The van der Waals surface area contributed by atoms with E-state index >= 15 is 0 Å². The zero-order valence-electron chi connectivity index (χ0n) is 14.9. The summed E-state index contributed by atoms with van der Waals surface area (Å²) in [6.45, 7) is 4.10. The molecular formula is C19H15F4N3O2. The molecule has 0 aliphatic rings. The molecule has 146 valence electrons. The Balaban J connectivity index is 1.75. The lowest BCUT2D eigenvalue weighted by atomic mass is 10.1. The zero-order chi connectivity index (χ0) is 20.5. The van der Waals surface area contributed by atoms with Crippen LogP contribution in [0.25, 0.3) is 11.4 Å². The molecule has 0 aliphatic heterocycles. The first-order valence-corrected chi connectivity index (χ1v) is 8.20. The molecule has 2 aromatic carbocycles. The predicted molar refractivity (Wildman–Crippen MR) is 91.8 cm³/mol. The van der Waals surface area contributed by atoms with Gasteiger partial charge in [0.15, 0.2) is 0 Å². The Bertz CT molecular complexity index is 1030. The van der Waals surface area contributed by atoms with Gasteiger partial charge in [0.2, 0.25) is 5.82 Å². The van der Waals surface area contributed by atoms with Crippen LogP contribution in [0, 0.1) is 19.7 Å². The molecule has 9 heteroatoms. The van der Waals surface area contributed by atoms with Crippen molar-refractivity contribution < 1.29 is 26.9 Å². The number of aromatic nitrogens is 2. The van der Waals surface area contributed by atoms with Crippen molar-refractivity contribution in [1.29, 1.82) is 0 Å². The largest absolute Gasteiger partial charge is 0.471 e. The van der Waals surface area contributed by atoms with Crippen molar-refractivity contribution in [2.45, 2.75) is 26.6 Å². The van der Waals surface area contributed by atoms with Crippen LogP contribution in [-0.4, -0.2) is 16.0 Å². The SMILES string of the molecule is Cc1ccc(C)c(CNC(=O)c2ccc(-c3noc(C(F)(F)F)n3)c(F)c2)c1. The third-order valence-electron chi connectivity index (χ3n) is 4.08. The summed E-state index contributed by atoms with van der Waals surface area (Å²) in [4.78, 5) is 15.4. The fraction of sp³-hybridized carbons (Fsp3) is 0.211. The summed E-state index contributed by atoms with van der Waals surface area (Å²) in [5.41, 5.74) is 2.70. The first kappa shape index (κ1) is 19.5. The van der Waals surface area contributed by atoms with Crippen molar-refractivity contribution in [1.82, 2.24) is 15.5 Å². The second kappa shape index (κ2) is 7.41. The van der Waals surface area contributed by atoms with E-state index in [1.807, 2.05) is 32.0 Å². The highest BCUT2D eigenvalue weighted by Crippen LogP contribution is 2.30. The number of halogens is 4. The van der Waals surface area contributed by atoms with Gasteiger partial charge < -0.3 is 9.84 Å². The van der Waals surface area contributed by atoms with E-state index < -0.39 is 29.6 Å². The number of hydrogen-bond acceptors (Lipinski definition) is 4. The van der Waals surface area contributed by atoms with Crippen LogP contribution in [-0.2, 0) is 12.7 Å². The molecule has 1 heterocycles. The summed E-state index contributed by atoms with van der Waals surface area (Å²) in [5.74, 6) is -3.58. The third-order valence-corrected chi connectivity index (χ3v) is 4.08. The summed E-state index contributed by atoms with van der Waals surface area (Å²) in [6.07, 6.45) is -4.82. The summed E-state index contributed by atoms with van der Waals surface area (Å²) in [6, 6.07) is 9.15. The molecule has 3 rings (SSSR count). The van der Waals surface area contributed by atoms with E-state index in [1.165, 1.54) is 6.07 Å². The number of nitrogens with zero attached hydrogens (tertiary/aromatic N) is 2. The van der Waals surface area contributed by atoms with Gasteiger partial charge in [-0.3, -0.25) is 4.79 Å². The predicted octanol–water partition coefficient (Wildman–Crippen LogP) is 4.44. The smallest absolute Gasteiger partial charge is 0.348 e. The average molecular weight is 393 g/mol. The molecule has 28 heavy (non-hydrogen) atoms. The van der Waals surface area contributed by atoms with Gasteiger partial charge in [-0.25, -0.2) is 4.39 Å². The number of carbonyl (C=O) groups excluding carboxylic acids is 1. The van der Waals surface area contributed by atoms with E-state index in [0.717, 1.165) is 28.8 Å². The van der Waals surface area contributed by atoms with Crippen LogP contribution in [0.2, 0.25) is 0 Å². The highest BCUT2D eigenvalue weighted by atomic mass is 19.4. The number of rotatable bonds is 4. The lowest BCUT2D eigenvalue weighted by molar-refractivity contribution is -0.159. The molecule has 0 aliphatic carbocycles. The number of alkyl halides is 3. The Morgan fingerprint density at radius 3 is 2.54 bits per heavy atom. The van der Waals surface area contributed by atoms with Gasteiger partial charge in [0.1, 0.15) is 5.82 Å². The number of nitrogens with one attached hydrogen (secondary N) is 1. The maximum absolute atomic E-state index is 14.3. The molecule has 1 amide bonds. The van der Waals surface area contributed by atoms with Gasteiger partial charge in [0.05, 0.1) is 5.56 Å². The topological polar surface area (TPSA) is 68.0 Å². The van der Waals surface area contributed by atoms with Crippen LogP contribution >= 0.6 is 0 Å². The molecule has 0 bridgehead atoms. The molecule has 1 N–H and O–H groups in total. The Morgan fingerprint density at radius 2 is 1.89 bits per heavy atom. The second-order valence-electron chi connectivity index (χ2n) is 6.23. The Kier molecular flexibility index (Phi) is 5.17. The number of amides is 1. The molecule has 1 aromatic heterocycles. The zero-order valence-corrected chi connectivity index (χ0v) is 14.9. The monoisotopic (exact) mass is 393 g/mol. The molecule has 3 aromatic rings. The van der Waals surface area contributed by atoms with E-state index in [0.29, 0.717) is 0 Å². The van der Waals surface area contributed by atoms with Gasteiger partial charge in [0.25, 0.3) is 5.91 Å². The summed E-state index contributed by atoms with van der Waals surface area (Å²) in [5, 5.41) is 5.83. The molecule has 0 saturated carbocycles. The fourth-order valence-electron chi connectivity index (χ4n) is 2.55. The minimum atomic E-state index is -4.82. The van der Waals surface area contributed by atoms with Gasteiger partial charge >= 0.3 is 12.1 Å². The maximum Gasteiger partial charge on any atom is 0.471 e. The van der Waals surface area contributed by atoms with Crippen molar-refractivity contribution in [2.24, 2.45) is 0 Å².